The molecule has 1 fully saturated rings. The van der Waals surface area contributed by atoms with Crippen LogP contribution >= 0.6 is 0 Å². The van der Waals surface area contributed by atoms with E-state index in [2.05, 4.69) is 0 Å². The molecule has 0 aliphatic carbocycles. The molecule has 1 aliphatic heterocycles. The van der Waals surface area contributed by atoms with Gasteiger partial charge in [0, 0.05) is 6.54 Å². The van der Waals surface area contributed by atoms with Crippen LogP contribution in [0, 0.1) is 0 Å². The van der Waals surface area contributed by atoms with Gasteiger partial charge in [0.2, 0.25) is 0 Å². The summed E-state index contributed by atoms with van der Waals surface area (Å²) in [7, 11) is -3.73. The van der Waals surface area contributed by atoms with Crippen LogP contribution in [0.2, 0.25) is 0 Å². The van der Waals surface area contributed by atoms with E-state index in [-0.39, 0.29) is 12.1 Å². The lowest BCUT2D eigenvalue weighted by Crippen LogP contribution is -2.43. The van der Waals surface area contributed by atoms with Crippen LogP contribution in [-0.4, -0.2) is 18.8 Å². The topological polar surface area (TPSA) is 46.6 Å². The average molecular weight is 317 g/mol. The normalized spacial score (nSPS) is 25.0. The smallest absolute Gasteiger partial charge is 0.255 e. The molecule has 2 unspecified atom stereocenters. The summed E-state index contributed by atoms with van der Waals surface area (Å²) in [5.41, 5.74) is 1.95. The summed E-state index contributed by atoms with van der Waals surface area (Å²) < 4.78 is 31.6. The lowest BCUT2D eigenvalue weighted by molar-refractivity contribution is 0.105. The molecule has 5 heteroatoms. The number of nitrogens with zero attached hydrogens (tertiary/aromatic N) is 1. The van der Waals surface area contributed by atoms with Crippen LogP contribution in [0.15, 0.2) is 60.7 Å². The molecule has 1 aliphatic rings. The van der Waals surface area contributed by atoms with Crippen molar-refractivity contribution >= 4 is 10.3 Å². The van der Waals surface area contributed by atoms with Gasteiger partial charge in [0.25, 0.3) is 0 Å². The second-order valence-electron chi connectivity index (χ2n) is 5.56. The van der Waals surface area contributed by atoms with Crippen molar-refractivity contribution in [2.45, 2.75) is 32.0 Å². The summed E-state index contributed by atoms with van der Waals surface area (Å²) in [4.78, 5) is 0. The molecule has 0 amide bonds. The molecule has 2 atom stereocenters. The SMILES string of the molecule is CC1CC(c2ccccc2)N(Cc2ccccc2)S(=O)(=O)O1. The van der Waals surface area contributed by atoms with Crippen LogP contribution in [0.25, 0.3) is 0 Å². The molecule has 0 radical (unpaired) electrons. The zero-order valence-electron chi connectivity index (χ0n) is 12.4. The van der Waals surface area contributed by atoms with E-state index in [1.807, 2.05) is 60.7 Å². The summed E-state index contributed by atoms with van der Waals surface area (Å²) >= 11 is 0. The molecule has 4 nitrogen and oxygen atoms in total. The summed E-state index contributed by atoms with van der Waals surface area (Å²) in [6.07, 6.45) is 0.332. The second kappa shape index (κ2) is 6.20. The van der Waals surface area contributed by atoms with Crippen molar-refractivity contribution in [3.8, 4) is 0 Å². The molecular weight excluding hydrogens is 298 g/mol. The first kappa shape index (κ1) is 15.2. The van der Waals surface area contributed by atoms with Crippen molar-refractivity contribution in [3.05, 3.63) is 71.8 Å². The quantitative estimate of drug-likeness (QED) is 0.873. The van der Waals surface area contributed by atoms with Crippen molar-refractivity contribution in [1.29, 1.82) is 0 Å². The second-order valence-corrected chi connectivity index (χ2v) is 7.07. The molecule has 0 aromatic heterocycles. The van der Waals surface area contributed by atoms with Crippen LogP contribution in [0.5, 0.6) is 0 Å². The molecule has 1 saturated heterocycles. The average Bonchev–Trinajstić information content (AvgIpc) is 2.51. The molecule has 1 heterocycles. The first-order valence-electron chi connectivity index (χ1n) is 7.35. The van der Waals surface area contributed by atoms with E-state index in [9.17, 15) is 8.42 Å². The maximum absolute atomic E-state index is 12.5. The van der Waals surface area contributed by atoms with Crippen molar-refractivity contribution in [2.24, 2.45) is 0 Å². The highest BCUT2D eigenvalue weighted by Crippen LogP contribution is 2.35. The zero-order valence-corrected chi connectivity index (χ0v) is 13.2. The summed E-state index contributed by atoms with van der Waals surface area (Å²) in [6, 6.07) is 19.1. The third-order valence-corrected chi connectivity index (χ3v) is 5.37. The van der Waals surface area contributed by atoms with Crippen molar-refractivity contribution in [1.82, 2.24) is 4.31 Å². The predicted octanol–water partition coefficient (Wildman–Crippen LogP) is 3.28. The van der Waals surface area contributed by atoms with Gasteiger partial charge in [0.1, 0.15) is 0 Å². The van der Waals surface area contributed by atoms with E-state index < -0.39 is 10.3 Å². The molecular formula is C17H19NO3S. The molecule has 2 aromatic carbocycles. The Bertz CT molecular complexity index is 716. The fraction of sp³-hybridized carbons (Fsp3) is 0.294. The molecule has 22 heavy (non-hydrogen) atoms. The number of benzene rings is 2. The van der Waals surface area contributed by atoms with Crippen molar-refractivity contribution in [2.75, 3.05) is 0 Å². The molecule has 0 N–H and O–H groups in total. The minimum atomic E-state index is -3.73. The Balaban J connectivity index is 1.97. The monoisotopic (exact) mass is 317 g/mol. The Morgan fingerprint density at radius 1 is 1.05 bits per heavy atom. The van der Waals surface area contributed by atoms with E-state index in [0.29, 0.717) is 13.0 Å². The standard InChI is InChI=1S/C17H19NO3S/c1-14-12-17(16-10-6-3-7-11-16)18(22(19,20)21-14)13-15-8-4-2-5-9-15/h2-11,14,17H,12-13H2,1H3. The number of rotatable bonds is 3. The third-order valence-electron chi connectivity index (χ3n) is 3.84. The van der Waals surface area contributed by atoms with Crippen molar-refractivity contribution < 1.29 is 12.6 Å². The largest absolute Gasteiger partial charge is 0.339 e. The molecule has 0 spiro atoms. The third kappa shape index (κ3) is 3.21. The first-order chi connectivity index (χ1) is 10.6. The molecule has 3 rings (SSSR count). The fourth-order valence-corrected chi connectivity index (χ4v) is 4.25. The summed E-state index contributed by atoms with van der Waals surface area (Å²) in [5.74, 6) is 0. The predicted molar refractivity (Wildman–Crippen MR) is 85.3 cm³/mol. The van der Waals surface area contributed by atoms with Crippen LogP contribution in [0.4, 0.5) is 0 Å². The Labute approximate surface area is 131 Å². The van der Waals surface area contributed by atoms with Crippen molar-refractivity contribution in [3.63, 3.8) is 0 Å². The van der Waals surface area contributed by atoms with Gasteiger partial charge in [-0.05, 0) is 24.5 Å². The maximum Gasteiger partial charge on any atom is 0.339 e. The highest BCUT2D eigenvalue weighted by molar-refractivity contribution is 7.84. The van der Waals surface area contributed by atoms with Gasteiger partial charge >= 0.3 is 10.3 Å². The number of hydrogen-bond acceptors (Lipinski definition) is 3. The molecule has 116 valence electrons. The van der Waals surface area contributed by atoms with Gasteiger partial charge in [-0.3, -0.25) is 4.18 Å². The highest BCUT2D eigenvalue weighted by atomic mass is 32.2. The van der Waals surface area contributed by atoms with Gasteiger partial charge in [-0.2, -0.15) is 12.7 Å². The van der Waals surface area contributed by atoms with Crippen LogP contribution in [-0.2, 0) is 21.0 Å². The van der Waals surface area contributed by atoms with Gasteiger partial charge in [0.15, 0.2) is 0 Å². The van der Waals surface area contributed by atoms with E-state index in [4.69, 9.17) is 4.18 Å². The van der Waals surface area contributed by atoms with Crippen LogP contribution < -0.4 is 0 Å². The van der Waals surface area contributed by atoms with Gasteiger partial charge in [-0.15, -0.1) is 0 Å². The van der Waals surface area contributed by atoms with Crippen LogP contribution in [0.1, 0.15) is 30.5 Å². The summed E-state index contributed by atoms with van der Waals surface area (Å²) in [6.45, 7) is 2.11. The van der Waals surface area contributed by atoms with E-state index in [0.717, 1.165) is 11.1 Å². The maximum atomic E-state index is 12.5. The van der Waals surface area contributed by atoms with Gasteiger partial charge in [0.05, 0.1) is 12.1 Å². The van der Waals surface area contributed by atoms with E-state index >= 15 is 0 Å². The van der Waals surface area contributed by atoms with E-state index in [1.165, 1.54) is 4.31 Å². The van der Waals surface area contributed by atoms with E-state index in [1.54, 1.807) is 6.92 Å². The summed E-state index contributed by atoms with van der Waals surface area (Å²) in [5, 5.41) is 0. The lowest BCUT2D eigenvalue weighted by Gasteiger charge is -2.37. The highest BCUT2D eigenvalue weighted by Gasteiger charge is 2.39. The number of hydrogen-bond donors (Lipinski definition) is 0. The fourth-order valence-electron chi connectivity index (χ4n) is 2.82. The molecule has 2 aromatic rings. The Hall–Kier alpha value is -1.69. The van der Waals surface area contributed by atoms with Crippen LogP contribution in [0.3, 0.4) is 0 Å². The van der Waals surface area contributed by atoms with Gasteiger partial charge in [-0.25, -0.2) is 0 Å². The first-order valence-corrected chi connectivity index (χ1v) is 8.72. The molecule has 0 saturated carbocycles. The lowest BCUT2D eigenvalue weighted by atomic mass is 10.0. The Kier molecular flexibility index (Phi) is 4.29. The molecule has 0 bridgehead atoms. The van der Waals surface area contributed by atoms with Gasteiger partial charge in [-0.1, -0.05) is 60.7 Å². The minimum absolute atomic E-state index is 0.199. The Morgan fingerprint density at radius 3 is 2.27 bits per heavy atom. The Morgan fingerprint density at radius 2 is 1.64 bits per heavy atom. The zero-order chi connectivity index (χ0) is 15.6. The van der Waals surface area contributed by atoms with Gasteiger partial charge < -0.3 is 0 Å². The minimum Gasteiger partial charge on any atom is -0.255 e.